The van der Waals surface area contributed by atoms with Gasteiger partial charge in [0.1, 0.15) is 11.8 Å². The van der Waals surface area contributed by atoms with Crippen molar-refractivity contribution in [3.8, 4) is 0 Å². The Balaban J connectivity index is 1.39. The average Bonchev–Trinajstić information content (AvgIpc) is 3.07. The number of carbonyl (C=O) groups is 1. The standard InChI is InChI=1S/C18H22N6O2/c1-13(14-7-3-2-4-8-14)23-18(25)26-10-6-5-9-24-12-22-15-16(19)20-11-21-17(15)24/h2-4,7-8,11-13H,5-6,9-10H2,1H3,(H,23,25)(H2,19,20,21)/t13-/m1/s1. The zero-order chi connectivity index (χ0) is 18.4. The van der Waals surface area contributed by atoms with E-state index < -0.39 is 6.09 Å². The molecule has 0 saturated carbocycles. The molecule has 1 amide bonds. The van der Waals surface area contributed by atoms with Crippen molar-refractivity contribution in [1.82, 2.24) is 24.8 Å². The van der Waals surface area contributed by atoms with Crippen LogP contribution in [0.5, 0.6) is 0 Å². The molecule has 0 unspecified atom stereocenters. The Morgan fingerprint density at radius 2 is 2.04 bits per heavy atom. The quantitative estimate of drug-likeness (QED) is 0.632. The van der Waals surface area contributed by atoms with Crippen molar-refractivity contribution >= 4 is 23.1 Å². The molecular weight excluding hydrogens is 332 g/mol. The molecule has 8 nitrogen and oxygen atoms in total. The third-order valence-corrected chi connectivity index (χ3v) is 4.09. The fraction of sp³-hybridized carbons (Fsp3) is 0.333. The smallest absolute Gasteiger partial charge is 0.407 e. The maximum Gasteiger partial charge on any atom is 0.407 e. The Kier molecular flexibility index (Phi) is 5.62. The Labute approximate surface area is 151 Å². The van der Waals surface area contributed by atoms with Crippen LogP contribution in [-0.2, 0) is 11.3 Å². The zero-order valence-corrected chi connectivity index (χ0v) is 14.6. The van der Waals surface area contributed by atoms with Crippen LogP contribution in [-0.4, -0.2) is 32.2 Å². The number of alkyl carbamates (subject to hydrolysis) is 1. The maximum atomic E-state index is 11.9. The molecule has 0 aliphatic heterocycles. The SMILES string of the molecule is C[C@@H](NC(=O)OCCCCn1cnc2c(N)ncnc21)c1ccccc1. The number of aryl methyl sites for hydroxylation is 1. The predicted octanol–water partition coefficient (Wildman–Crippen LogP) is 2.68. The number of unbranched alkanes of at least 4 members (excludes halogenated alkanes) is 1. The lowest BCUT2D eigenvalue weighted by atomic mass is 10.1. The first-order valence-corrected chi connectivity index (χ1v) is 8.54. The minimum atomic E-state index is -0.407. The van der Waals surface area contributed by atoms with Crippen molar-refractivity contribution in [2.45, 2.75) is 32.4 Å². The van der Waals surface area contributed by atoms with Gasteiger partial charge in [-0.15, -0.1) is 0 Å². The van der Waals surface area contributed by atoms with Crippen LogP contribution in [0.25, 0.3) is 11.2 Å². The van der Waals surface area contributed by atoms with Crippen molar-refractivity contribution in [3.63, 3.8) is 0 Å². The van der Waals surface area contributed by atoms with Crippen molar-refractivity contribution < 1.29 is 9.53 Å². The van der Waals surface area contributed by atoms with Gasteiger partial charge in [-0.3, -0.25) is 0 Å². The summed E-state index contributed by atoms with van der Waals surface area (Å²) in [6.45, 7) is 3.00. The number of nitrogens with zero attached hydrogens (tertiary/aromatic N) is 4. The van der Waals surface area contributed by atoms with E-state index in [0.717, 1.165) is 24.9 Å². The second-order valence-corrected chi connectivity index (χ2v) is 5.99. The molecule has 26 heavy (non-hydrogen) atoms. The molecule has 0 spiro atoms. The summed E-state index contributed by atoms with van der Waals surface area (Å²) in [6.07, 6.45) is 4.29. The topological polar surface area (TPSA) is 108 Å². The van der Waals surface area contributed by atoms with Gasteiger partial charge in [-0.05, 0) is 25.3 Å². The third-order valence-electron chi connectivity index (χ3n) is 4.09. The lowest BCUT2D eigenvalue weighted by molar-refractivity contribution is 0.140. The molecule has 136 valence electrons. The molecule has 0 saturated heterocycles. The van der Waals surface area contributed by atoms with Crippen LogP contribution >= 0.6 is 0 Å². The van der Waals surface area contributed by atoms with Gasteiger partial charge < -0.3 is 20.4 Å². The second kappa shape index (κ2) is 8.28. The van der Waals surface area contributed by atoms with Crippen molar-refractivity contribution in [1.29, 1.82) is 0 Å². The summed E-state index contributed by atoms with van der Waals surface area (Å²) < 4.78 is 7.16. The van der Waals surface area contributed by atoms with E-state index in [9.17, 15) is 4.79 Å². The van der Waals surface area contributed by atoms with E-state index in [-0.39, 0.29) is 6.04 Å². The lowest BCUT2D eigenvalue weighted by Gasteiger charge is -2.14. The van der Waals surface area contributed by atoms with Gasteiger partial charge in [0.25, 0.3) is 0 Å². The number of fused-ring (bicyclic) bond motifs is 1. The van der Waals surface area contributed by atoms with E-state index >= 15 is 0 Å². The summed E-state index contributed by atoms with van der Waals surface area (Å²) in [5, 5.41) is 2.82. The number of carbonyl (C=O) groups excluding carboxylic acids is 1. The molecule has 1 aromatic carbocycles. The van der Waals surface area contributed by atoms with E-state index in [1.54, 1.807) is 6.33 Å². The molecule has 2 heterocycles. The summed E-state index contributed by atoms with van der Waals surface area (Å²) >= 11 is 0. The number of imidazole rings is 1. The average molecular weight is 354 g/mol. The lowest BCUT2D eigenvalue weighted by Crippen LogP contribution is -2.27. The molecule has 0 radical (unpaired) electrons. The first-order chi connectivity index (χ1) is 12.6. The van der Waals surface area contributed by atoms with Gasteiger partial charge in [0.2, 0.25) is 0 Å². The normalized spacial score (nSPS) is 12.0. The number of nitrogen functional groups attached to an aromatic ring is 1. The molecule has 8 heteroatoms. The third kappa shape index (κ3) is 4.27. The van der Waals surface area contributed by atoms with Crippen molar-refractivity contribution in [2.24, 2.45) is 0 Å². The van der Waals surface area contributed by atoms with E-state index in [1.165, 1.54) is 6.33 Å². The summed E-state index contributed by atoms with van der Waals surface area (Å²) in [6, 6.07) is 9.67. The van der Waals surface area contributed by atoms with Crippen LogP contribution in [0.15, 0.2) is 43.0 Å². The number of benzene rings is 1. The van der Waals surface area contributed by atoms with E-state index in [0.29, 0.717) is 23.6 Å². The van der Waals surface area contributed by atoms with Gasteiger partial charge in [0.15, 0.2) is 11.5 Å². The highest BCUT2D eigenvalue weighted by Gasteiger charge is 2.10. The molecule has 0 aliphatic carbocycles. The van der Waals surface area contributed by atoms with Gasteiger partial charge in [-0.1, -0.05) is 30.3 Å². The fourth-order valence-electron chi connectivity index (χ4n) is 2.65. The molecule has 0 bridgehead atoms. The monoisotopic (exact) mass is 354 g/mol. The second-order valence-electron chi connectivity index (χ2n) is 5.99. The van der Waals surface area contributed by atoms with E-state index in [4.69, 9.17) is 10.5 Å². The molecular formula is C18H22N6O2. The van der Waals surface area contributed by atoms with E-state index in [2.05, 4.69) is 20.3 Å². The Morgan fingerprint density at radius 1 is 1.23 bits per heavy atom. The highest BCUT2D eigenvalue weighted by molar-refractivity contribution is 5.81. The van der Waals surface area contributed by atoms with Crippen LogP contribution in [0.4, 0.5) is 10.6 Å². The maximum absolute atomic E-state index is 11.9. The Bertz CT molecular complexity index is 865. The number of rotatable bonds is 7. The molecule has 3 rings (SSSR count). The number of anilines is 1. The fourth-order valence-corrected chi connectivity index (χ4v) is 2.65. The summed E-state index contributed by atoms with van der Waals surface area (Å²) in [7, 11) is 0. The number of hydrogen-bond donors (Lipinski definition) is 2. The van der Waals surface area contributed by atoms with Gasteiger partial charge in [-0.2, -0.15) is 0 Å². The number of nitrogens with one attached hydrogen (secondary N) is 1. The number of ether oxygens (including phenoxy) is 1. The van der Waals surface area contributed by atoms with Gasteiger partial charge >= 0.3 is 6.09 Å². The van der Waals surface area contributed by atoms with Gasteiger partial charge in [-0.25, -0.2) is 19.7 Å². The van der Waals surface area contributed by atoms with E-state index in [1.807, 2.05) is 41.8 Å². The Hall–Kier alpha value is -3.16. The van der Waals surface area contributed by atoms with Crippen LogP contribution in [0, 0.1) is 0 Å². The molecule has 0 aliphatic rings. The Morgan fingerprint density at radius 3 is 2.85 bits per heavy atom. The number of hydrogen-bond acceptors (Lipinski definition) is 6. The van der Waals surface area contributed by atoms with Crippen molar-refractivity contribution in [2.75, 3.05) is 12.3 Å². The van der Waals surface area contributed by atoms with Crippen molar-refractivity contribution in [3.05, 3.63) is 48.5 Å². The van der Waals surface area contributed by atoms with Crippen LogP contribution in [0.2, 0.25) is 0 Å². The molecule has 2 aromatic heterocycles. The van der Waals surface area contributed by atoms with Crippen LogP contribution < -0.4 is 11.1 Å². The van der Waals surface area contributed by atoms with Crippen LogP contribution in [0.3, 0.4) is 0 Å². The molecule has 3 aromatic rings. The molecule has 1 atom stereocenters. The molecule has 3 N–H and O–H groups in total. The number of aromatic nitrogens is 4. The summed E-state index contributed by atoms with van der Waals surface area (Å²) in [4.78, 5) is 24.2. The summed E-state index contributed by atoms with van der Waals surface area (Å²) in [5.74, 6) is 0.376. The first kappa shape index (κ1) is 17.7. The minimum absolute atomic E-state index is 0.0915. The summed E-state index contributed by atoms with van der Waals surface area (Å²) in [5.41, 5.74) is 8.13. The first-order valence-electron chi connectivity index (χ1n) is 8.54. The number of amides is 1. The highest BCUT2D eigenvalue weighted by Crippen LogP contribution is 2.15. The van der Waals surface area contributed by atoms with Gasteiger partial charge in [0, 0.05) is 6.54 Å². The minimum Gasteiger partial charge on any atom is -0.450 e. The van der Waals surface area contributed by atoms with Crippen LogP contribution in [0.1, 0.15) is 31.4 Å². The number of nitrogens with two attached hydrogens (primary N) is 1. The largest absolute Gasteiger partial charge is 0.450 e. The zero-order valence-electron chi connectivity index (χ0n) is 14.6. The highest BCUT2D eigenvalue weighted by atomic mass is 16.5. The predicted molar refractivity (Wildman–Crippen MR) is 98.3 cm³/mol. The van der Waals surface area contributed by atoms with Gasteiger partial charge in [0.05, 0.1) is 19.0 Å². The molecule has 0 fully saturated rings.